The molecule has 0 bridgehead atoms. The lowest BCUT2D eigenvalue weighted by Crippen LogP contribution is -2.18. The van der Waals surface area contributed by atoms with Crippen LogP contribution in [-0.2, 0) is 14.3 Å². The molecule has 66 valence electrons. The molecule has 0 saturated heterocycles. The van der Waals surface area contributed by atoms with E-state index in [1.807, 2.05) is 0 Å². The highest BCUT2D eigenvalue weighted by Gasteiger charge is 1.99. The number of hydrogen-bond acceptors (Lipinski definition) is 4. The average Bonchev–Trinajstić information content (AvgIpc) is 1.65. The first kappa shape index (κ1) is 22.4. The first-order valence-electron chi connectivity index (χ1n) is 2.08. The number of nitrogens with two attached hydrogens (primary N) is 1. The zero-order chi connectivity index (χ0) is 6.57. The van der Waals surface area contributed by atoms with E-state index in [9.17, 15) is 9.59 Å². The Kier molecular flexibility index (Phi) is 25.0. The minimum atomic E-state index is -0.697. The van der Waals surface area contributed by atoms with Crippen LogP contribution in [0.2, 0.25) is 0 Å². The van der Waals surface area contributed by atoms with E-state index in [0.29, 0.717) is 0 Å². The summed E-state index contributed by atoms with van der Waals surface area (Å²) in [6, 6.07) is 0. The molecule has 0 amide bonds. The van der Waals surface area contributed by atoms with Gasteiger partial charge in [0.1, 0.15) is 0 Å². The predicted octanol–water partition coefficient (Wildman–Crippen LogP) is -3.26. The van der Waals surface area contributed by atoms with E-state index < -0.39 is 11.9 Å². The summed E-state index contributed by atoms with van der Waals surface area (Å²) < 4.78 is 4.00. The maximum Gasteiger partial charge on any atom is 0.327 e. The summed E-state index contributed by atoms with van der Waals surface area (Å²) in [5.41, 5.74) is 4.79. The molecule has 6 N–H and O–H groups in total. The molecule has 0 atom stereocenters. The number of carbonyl (C=O) groups is 2. The summed E-state index contributed by atoms with van der Waals surface area (Å²) in [7, 11) is 0. The van der Waals surface area contributed by atoms with Gasteiger partial charge in [-0.2, -0.15) is 0 Å². The summed E-state index contributed by atoms with van der Waals surface area (Å²) >= 11 is 0. The molecule has 0 saturated carbocycles. The Hall–Kier alpha value is -0.448. The number of rotatable bonds is 1. The van der Waals surface area contributed by atoms with E-state index in [0.717, 1.165) is 6.92 Å². The van der Waals surface area contributed by atoms with Crippen molar-refractivity contribution in [2.45, 2.75) is 6.92 Å². The molecule has 0 fully saturated rings. The van der Waals surface area contributed by atoms with Crippen molar-refractivity contribution in [1.29, 1.82) is 0 Å². The first-order valence-corrected chi connectivity index (χ1v) is 2.08. The van der Waals surface area contributed by atoms with E-state index in [1.165, 1.54) is 0 Å². The highest BCUT2D eigenvalue weighted by molar-refractivity contribution is 5.84. The zero-order valence-electron chi connectivity index (χ0n) is 6.22. The lowest BCUT2D eigenvalue weighted by molar-refractivity contribution is -0.156. The van der Waals surface area contributed by atoms with Gasteiger partial charge in [-0.3, -0.25) is 9.59 Å². The number of esters is 2. The summed E-state index contributed by atoms with van der Waals surface area (Å²) in [6.07, 6.45) is 0. The Morgan fingerprint density at radius 3 is 1.82 bits per heavy atom. The molecule has 0 aliphatic heterocycles. The molecule has 7 heteroatoms. The van der Waals surface area contributed by atoms with Crippen LogP contribution in [0.3, 0.4) is 0 Å². The van der Waals surface area contributed by atoms with Crippen molar-refractivity contribution in [3.8, 4) is 0 Å². The fourth-order valence-corrected chi connectivity index (χ4v) is 0.202. The molecular weight excluding hydrogens is 169 g/mol. The number of ether oxygens (including phenoxy) is 1. The maximum atomic E-state index is 10.1. The fourth-order valence-electron chi connectivity index (χ4n) is 0.202. The third kappa shape index (κ3) is 17.7. The monoisotopic (exact) mass is 181 g/mol. The van der Waals surface area contributed by atoms with Crippen LogP contribution in [0.1, 0.15) is 6.92 Å². The van der Waals surface area contributed by atoms with E-state index in [-0.39, 0.29) is 34.9 Å². The molecule has 0 aliphatic rings. The van der Waals surface area contributed by atoms with Crippen molar-refractivity contribution in [3.63, 3.8) is 0 Å². The Bertz CT molecular complexity index is 117. The van der Waals surface area contributed by atoms with Gasteiger partial charge in [-0.15, -0.1) is 0 Å². The number of carbonyl (C=O) groups excluding carboxylic acids is 2. The second-order valence-electron chi connectivity index (χ2n) is 1.17. The highest BCUT2D eigenvalue weighted by atomic mass is 27.0. The molecule has 0 aromatic carbocycles. The van der Waals surface area contributed by atoms with Crippen molar-refractivity contribution in [1.82, 2.24) is 0 Å². The molecular formula is C4H12AlNO5. The third-order valence-corrected chi connectivity index (χ3v) is 0.424. The van der Waals surface area contributed by atoms with Crippen LogP contribution >= 0.6 is 0 Å². The summed E-state index contributed by atoms with van der Waals surface area (Å²) in [5, 5.41) is 0. The smallest absolute Gasteiger partial charge is 0.327 e. The van der Waals surface area contributed by atoms with Gasteiger partial charge in [0.25, 0.3) is 0 Å². The highest BCUT2D eigenvalue weighted by Crippen LogP contribution is 1.74. The third-order valence-electron chi connectivity index (χ3n) is 0.424. The van der Waals surface area contributed by atoms with Gasteiger partial charge in [-0.05, 0) is 0 Å². The minimum absolute atomic E-state index is 0. The molecule has 0 heterocycles. The van der Waals surface area contributed by atoms with Gasteiger partial charge in [0.2, 0.25) is 0 Å². The largest absolute Gasteiger partial charge is 0.412 e. The molecule has 0 unspecified atom stereocenters. The average molecular weight is 181 g/mol. The second-order valence-corrected chi connectivity index (χ2v) is 1.17. The second kappa shape index (κ2) is 12.2. The summed E-state index contributed by atoms with van der Waals surface area (Å²) in [4.78, 5) is 20.0. The van der Waals surface area contributed by atoms with Crippen molar-refractivity contribution < 1.29 is 25.3 Å². The lowest BCUT2D eigenvalue weighted by atomic mass is 10.7. The Morgan fingerprint density at radius 1 is 1.36 bits per heavy atom. The normalized spacial score (nSPS) is 6.00. The van der Waals surface area contributed by atoms with Gasteiger partial charge >= 0.3 is 11.9 Å². The molecule has 0 aliphatic carbocycles. The van der Waals surface area contributed by atoms with Crippen LogP contribution in [0.4, 0.5) is 0 Å². The van der Waals surface area contributed by atoms with Gasteiger partial charge in [0.15, 0.2) is 0 Å². The quantitative estimate of drug-likeness (QED) is 0.258. The maximum absolute atomic E-state index is 10.1. The van der Waals surface area contributed by atoms with Crippen LogP contribution in [0.15, 0.2) is 0 Å². The zero-order valence-corrected chi connectivity index (χ0v) is 7.63. The Balaban J connectivity index is -0.0000000817. The molecule has 2 radical (unpaired) electrons. The fraction of sp³-hybridized carbons (Fsp3) is 0.500. The van der Waals surface area contributed by atoms with Crippen LogP contribution < -0.4 is 5.73 Å². The molecule has 0 aromatic rings. The first-order chi connectivity index (χ1) is 3.66. The molecule has 0 aromatic heterocycles. The molecule has 11 heavy (non-hydrogen) atoms. The van der Waals surface area contributed by atoms with Crippen LogP contribution in [0.25, 0.3) is 0 Å². The minimum Gasteiger partial charge on any atom is -0.412 e. The summed E-state index contributed by atoms with van der Waals surface area (Å²) in [6.45, 7) is 0.896. The van der Waals surface area contributed by atoms with Crippen molar-refractivity contribution in [3.05, 3.63) is 0 Å². The molecule has 0 spiro atoms. The van der Waals surface area contributed by atoms with Crippen LogP contribution in [0.5, 0.6) is 0 Å². The lowest BCUT2D eigenvalue weighted by Gasteiger charge is -1.92. The SMILES string of the molecule is CC(=O)OC(=O)CN.O.O.[AlH]. The number of hydrogen-bond donors (Lipinski definition) is 1. The Morgan fingerprint density at radius 2 is 1.73 bits per heavy atom. The summed E-state index contributed by atoms with van der Waals surface area (Å²) in [5.74, 6) is -1.32. The molecule has 6 nitrogen and oxygen atoms in total. The van der Waals surface area contributed by atoms with Crippen molar-refractivity contribution >= 4 is 29.3 Å². The Labute approximate surface area is 74.4 Å². The van der Waals surface area contributed by atoms with Gasteiger partial charge in [-0.1, -0.05) is 0 Å². The van der Waals surface area contributed by atoms with E-state index in [2.05, 4.69) is 4.74 Å². The van der Waals surface area contributed by atoms with Gasteiger partial charge in [0, 0.05) is 6.92 Å². The molecule has 0 rings (SSSR count). The standard InChI is InChI=1S/C4H7NO3.Al.2H2O.H/c1-3(6)8-4(7)2-5;;;;/h2,5H2,1H3;;2*1H2;. The van der Waals surface area contributed by atoms with Gasteiger partial charge in [0.05, 0.1) is 23.9 Å². The van der Waals surface area contributed by atoms with E-state index >= 15 is 0 Å². The van der Waals surface area contributed by atoms with E-state index in [4.69, 9.17) is 5.73 Å². The van der Waals surface area contributed by atoms with E-state index in [1.54, 1.807) is 0 Å². The van der Waals surface area contributed by atoms with Crippen molar-refractivity contribution in [2.75, 3.05) is 6.54 Å². The van der Waals surface area contributed by atoms with Crippen LogP contribution in [0, 0.1) is 0 Å². The van der Waals surface area contributed by atoms with Gasteiger partial charge in [-0.25, -0.2) is 0 Å². The van der Waals surface area contributed by atoms with Crippen LogP contribution in [-0.4, -0.2) is 46.8 Å². The topological polar surface area (TPSA) is 132 Å². The predicted molar refractivity (Wildman–Crippen MR) is 40.2 cm³/mol. The van der Waals surface area contributed by atoms with Gasteiger partial charge < -0.3 is 21.4 Å². The van der Waals surface area contributed by atoms with Crippen molar-refractivity contribution in [2.24, 2.45) is 5.73 Å².